The van der Waals surface area contributed by atoms with Gasteiger partial charge in [-0.1, -0.05) is 13.8 Å². The van der Waals surface area contributed by atoms with Crippen LogP contribution in [0.25, 0.3) is 0 Å². The minimum atomic E-state index is -0.337. The number of aryl methyl sites for hydroxylation is 1. The zero-order chi connectivity index (χ0) is 15.0. The Morgan fingerprint density at radius 1 is 1.25 bits per heavy atom. The van der Waals surface area contributed by atoms with E-state index in [-0.39, 0.29) is 24.6 Å². The summed E-state index contributed by atoms with van der Waals surface area (Å²) >= 11 is 0. The average Bonchev–Trinajstić information content (AvgIpc) is 2.92. The van der Waals surface area contributed by atoms with Crippen LogP contribution in [-0.2, 0) is 20.7 Å². The van der Waals surface area contributed by atoms with Gasteiger partial charge in [0.2, 0.25) is 0 Å². The fraction of sp³-hybridized carbons (Fsp3) is 0.667. The molecule has 5 heteroatoms. The Labute approximate surface area is 120 Å². The van der Waals surface area contributed by atoms with Crippen LogP contribution >= 0.6 is 0 Å². The van der Waals surface area contributed by atoms with E-state index in [0.29, 0.717) is 18.9 Å². The van der Waals surface area contributed by atoms with Gasteiger partial charge >= 0.3 is 5.97 Å². The molecule has 0 radical (unpaired) electrons. The number of hydrogen-bond acceptors (Lipinski definition) is 4. The summed E-state index contributed by atoms with van der Waals surface area (Å²) in [6, 6.07) is 2.39. The number of ether oxygens (including phenoxy) is 1. The zero-order valence-corrected chi connectivity index (χ0v) is 12.6. The maximum absolute atomic E-state index is 11.6. The average molecular weight is 280 g/mol. The molecule has 0 N–H and O–H groups in total. The molecule has 0 unspecified atom stereocenters. The lowest BCUT2D eigenvalue weighted by Crippen LogP contribution is -2.09. The van der Waals surface area contributed by atoms with Crippen molar-refractivity contribution in [1.82, 2.24) is 9.78 Å². The summed E-state index contributed by atoms with van der Waals surface area (Å²) < 4.78 is 6.49. The summed E-state index contributed by atoms with van der Waals surface area (Å²) in [6.45, 7) is 4.29. The predicted molar refractivity (Wildman–Crippen MR) is 76.4 cm³/mol. The van der Waals surface area contributed by atoms with Gasteiger partial charge in [-0.3, -0.25) is 14.3 Å². The van der Waals surface area contributed by atoms with Gasteiger partial charge < -0.3 is 4.74 Å². The van der Waals surface area contributed by atoms with Gasteiger partial charge in [0.1, 0.15) is 5.78 Å². The van der Waals surface area contributed by atoms with Crippen LogP contribution in [0, 0.1) is 0 Å². The van der Waals surface area contributed by atoms with Gasteiger partial charge in [-0.2, -0.15) is 5.10 Å². The monoisotopic (exact) mass is 280 g/mol. The fourth-order valence-electron chi connectivity index (χ4n) is 2.11. The first-order valence-corrected chi connectivity index (χ1v) is 7.23. The second-order valence-corrected chi connectivity index (χ2v) is 4.87. The van der Waals surface area contributed by atoms with Crippen LogP contribution in [0.2, 0.25) is 0 Å². The molecule has 20 heavy (non-hydrogen) atoms. The highest BCUT2D eigenvalue weighted by Crippen LogP contribution is 2.15. The molecule has 0 saturated heterocycles. The second-order valence-electron chi connectivity index (χ2n) is 4.87. The summed E-state index contributed by atoms with van der Waals surface area (Å²) in [5, 5.41) is 4.51. The van der Waals surface area contributed by atoms with Crippen molar-refractivity contribution in [1.29, 1.82) is 0 Å². The minimum Gasteiger partial charge on any atom is -0.469 e. The predicted octanol–water partition coefficient (Wildman–Crippen LogP) is 2.70. The molecule has 0 aliphatic rings. The van der Waals surface area contributed by atoms with E-state index in [2.05, 4.69) is 23.7 Å². The maximum atomic E-state index is 11.6. The third-order valence-corrected chi connectivity index (χ3v) is 3.48. The SMILES string of the molecule is CCC(CC)n1ccc(CCC(=O)CCC(=O)OC)n1. The molecule has 0 atom stereocenters. The van der Waals surface area contributed by atoms with Crippen LogP contribution in [0.5, 0.6) is 0 Å². The molecule has 5 nitrogen and oxygen atoms in total. The van der Waals surface area contributed by atoms with E-state index in [1.807, 2.05) is 16.9 Å². The summed E-state index contributed by atoms with van der Waals surface area (Å²) in [6.07, 6.45) is 5.55. The van der Waals surface area contributed by atoms with E-state index in [1.54, 1.807) is 0 Å². The number of ketones is 1. The topological polar surface area (TPSA) is 61.2 Å². The molecule has 0 aliphatic carbocycles. The van der Waals surface area contributed by atoms with Crippen molar-refractivity contribution in [3.05, 3.63) is 18.0 Å². The Morgan fingerprint density at radius 3 is 2.55 bits per heavy atom. The highest BCUT2D eigenvalue weighted by Gasteiger charge is 2.10. The molecule has 1 heterocycles. The largest absolute Gasteiger partial charge is 0.469 e. The number of aromatic nitrogens is 2. The van der Waals surface area contributed by atoms with E-state index in [4.69, 9.17) is 0 Å². The number of carbonyl (C=O) groups is 2. The number of carbonyl (C=O) groups excluding carboxylic acids is 2. The van der Waals surface area contributed by atoms with Gasteiger partial charge in [-0.05, 0) is 25.3 Å². The quantitative estimate of drug-likeness (QED) is 0.652. The Hall–Kier alpha value is -1.65. The van der Waals surface area contributed by atoms with Crippen LogP contribution in [0.15, 0.2) is 12.3 Å². The van der Waals surface area contributed by atoms with Gasteiger partial charge in [0.15, 0.2) is 0 Å². The number of esters is 1. The number of hydrogen-bond donors (Lipinski definition) is 0. The lowest BCUT2D eigenvalue weighted by molar-refractivity contribution is -0.141. The first-order chi connectivity index (χ1) is 9.60. The Balaban J connectivity index is 2.38. The Kier molecular flexibility index (Phi) is 6.98. The third kappa shape index (κ3) is 5.15. The van der Waals surface area contributed by atoms with E-state index >= 15 is 0 Å². The highest BCUT2D eigenvalue weighted by atomic mass is 16.5. The van der Waals surface area contributed by atoms with Gasteiger partial charge in [0.05, 0.1) is 25.3 Å². The number of Topliss-reactive ketones (excluding diaryl/α,β-unsaturated/α-hetero) is 1. The molecule has 0 fully saturated rings. The van der Waals surface area contributed by atoms with Gasteiger partial charge in [0.25, 0.3) is 0 Å². The molecule has 0 bridgehead atoms. The third-order valence-electron chi connectivity index (χ3n) is 3.48. The molecule has 112 valence electrons. The van der Waals surface area contributed by atoms with Gasteiger partial charge in [-0.15, -0.1) is 0 Å². The first kappa shape index (κ1) is 16.4. The lowest BCUT2D eigenvalue weighted by Gasteiger charge is -2.12. The van der Waals surface area contributed by atoms with Gasteiger partial charge in [0, 0.05) is 19.0 Å². The Morgan fingerprint density at radius 2 is 1.95 bits per heavy atom. The van der Waals surface area contributed by atoms with Crippen molar-refractivity contribution in [2.45, 2.75) is 58.4 Å². The maximum Gasteiger partial charge on any atom is 0.305 e. The van der Waals surface area contributed by atoms with Crippen LogP contribution in [0.3, 0.4) is 0 Å². The van der Waals surface area contributed by atoms with Crippen LogP contribution in [0.4, 0.5) is 0 Å². The summed E-state index contributed by atoms with van der Waals surface area (Å²) in [7, 11) is 1.33. The molecule has 0 amide bonds. The molecule has 0 spiro atoms. The molecule has 0 aromatic carbocycles. The summed E-state index contributed by atoms with van der Waals surface area (Å²) in [4.78, 5) is 22.6. The summed E-state index contributed by atoms with van der Waals surface area (Å²) in [5.41, 5.74) is 0.934. The van der Waals surface area contributed by atoms with E-state index in [1.165, 1.54) is 7.11 Å². The highest BCUT2D eigenvalue weighted by molar-refractivity contribution is 5.82. The lowest BCUT2D eigenvalue weighted by atomic mass is 10.1. The molecule has 1 aromatic heterocycles. The number of rotatable bonds is 9. The molecule has 1 rings (SSSR count). The smallest absolute Gasteiger partial charge is 0.305 e. The van der Waals surface area contributed by atoms with Crippen molar-refractivity contribution in [2.75, 3.05) is 7.11 Å². The zero-order valence-electron chi connectivity index (χ0n) is 12.6. The second kappa shape index (κ2) is 8.51. The van der Waals surface area contributed by atoms with Crippen molar-refractivity contribution >= 4 is 11.8 Å². The molecular formula is C15H24N2O3. The standard InChI is InChI=1S/C15H24N2O3/c1-4-13(5-2)17-11-10-12(16-17)6-7-14(18)8-9-15(19)20-3/h10-11,13H,4-9H2,1-3H3. The van der Waals surface area contributed by atoms with Crippen LogP contribution < -0.4 is 0 Å². The number of methoxy groups -OCH3 is 1. The van der Waals surface area contributed by atoms with E-state index in [9.17, 15) is 9.59 Å². The first-order valence-electron chi connectivity index (χ1n) is 7.23. The van der Waals surface area contributed by atoms with Crippen molar-refractivity contribution < 1.29 is 14.3 Å². The van der Waals surface area contributed by atoms with Gasteiger partial charge in [-0.25, -0.2) is 0 Å². The van der Waals surface area contributed by atoms with Crippen molar-refractivity contribution in [3.63, 3.8) is 0 Å². The minimum absolute atomic E-state index is 0.0764. The molecule has 1 aromatic rings. The van der Waals surface area contributed by atoms with Crippen LogP contribution in [0.1, 0.15) is 57.7 Å². The van der Waals surface area contributed by atoms with Crippen molar-refractivity contribution in [2.24, 2.45) is 0 Å². The van der Waals surface area contributed by atoms with Crippen molar-refractivity contribution in [3.8, 4) is 0 Å². The van der Waals surface area contributed by atoms with Crippen LogP contribution in [-0.4, -0.2) is 28.6 Å². The summed E-state index contributed by atoms with van der Waals surface area (Å²) in [5.74, 6) is -0.260. The number of nitrogens with zero attached hydrogens (tertiary/aromatic N) is 2. The van der Waals surface area contributed by atoms with E-state index < -0.39 is 0 Å². The Bertz CT molecular complexity index is 436. The molecule has 0 saturated carbocycles. The van der Waals surface area contributed by atoms with E-state index in [0.717, 1.165) is 18.5 Å². The molecule has 0 aliphatic heterocycles. The fourth-order valence-corrected chi connectivity index (χ4v) is 2.11. The normalized spacial score (nSPS) is 10.8. The molecular weight excluding hydrogens is 256 g/mol.